The average molecular weight is 292 g/mol. The van der Waals surface area contributed by atoms with Crippen molar-refractivity contribution in [3.05, 3.63) is 36.9 Å². The Kier molecular flexibility index (Phi) is 7.50. The van der Waals surface area contributed by atoms with Crippen molar-refractivity contribution in [3.8, 4) is 5.75 Å². The summed E-state index contributed by atoms with van der Waals surface area (Å²) in [7, 11) is 3.79. The van der Waals surface area contributed by atoms with Crippen LogP contribution in [0, 0.1) is 0 Å². The molecule has 1 aromatic carbocycles. The normalized spacial score (nSPS) is 12.0. The number of nitrogens with zero attached hydrogens (tertiary/aromatic N) is 1. The van der Waals surface area contributed by atoms with Gasteiger partial charge in [0.1, 0.15) is 18.5 Å². The van der Waals surface area contributed by atoms with E-state index >= 15 is 0 Å². The summed E-state index contributed by atoms with van der Waals surface area (Å²) in [4.78, 5) is 13.4. The van der Waals surface area contributed by atoms with E-state index in [4.69, 9.17) is 4.74 Å². The van der Waals surface area contributed by atoms with Crippen LogP contribution in [0.25, 0.3) is 0 Å². The number of allylic oxidation sites excluding steroid dienone is 1. The second-order valence-electron chi connectivity index (χ2n) is 5.13. The lowest BCUT2D eigenvalue weighted by molar-refractivity contribution is -0.116. The zero-order chi connectivity index (χ0) is 15.7. The lowest BCUT2D eigenvalue weighted by atomic mass is 10.2. The molecule has 0 saturated carbocycles. The van der Waals surface area contributed by atoms with Crippen molar-refractivity contribution < 1.29 is 14.6 Å². The average Bonchev–Trinajstić information content (AvgIpc) is 2.43. The molecule has 1 amide bonds. The first-order chi connectivity index (χ1) is 10.0. The number of likely N-dealkylation sites (N-methyl/N-ethyl adjacent to an activating group) is 1. The van der Waals surface area contributed by atoms with Crippen LogP contribution in [-0.4, -0.2) is 49.3 Å². The van der Waals surface area contributed by atoms with Gasteiger partial charge in [-0.3, -0.25) is 4.79 Å². The maximum absolute atomic E-state index is 11.5. The molecule has 1 rings (SSSR count). The Hall–Kier alpha value is -1.85. The summed E-state index contributed by atoms with van der Waals surface area (Å²) < 4.78 is 5.49. The van der Waals surface area contributed by atoms with E-state index in [1.807, 2.05) is 19.0 Å². The molecule has 1 aromatic rings. The van der Waals surface area contributed by atoms with Gasteiger partial charge in [-0.25, -0.2) is 0 Å². The Morgan fingerprint density at radius 1 is 1.43 bits per heavy atom. The summed E-state index contributed by atoms with van der Waals surface area (Å²) in [5, 5.41) is 12.5. The third-order valence-corrected chi connectivity index (χ3v) is 2.73. The zero-order valence-corrected chi connectivity index (χ0v) is 12.7. The highest BCUT2D eigenvalue weighted by molar-refractivity contribution is 5.90. The molecule has 2 N–H and O–H groups in total. The predicted octanol–water partition coefficient (Wildman–Crippen LogP) is 1.89. The Morgan fingerprint density at radius 3 is 2.67 bits per heavy atom. The van der Waals surface area contributed by atoms with Crippen molar-refractivity contribution in [2.45, 2.75) is 18.9 Å². The molecule has 0 radical (unpaired) electrons. The molecule has 21 heavy (non-hydrogen) atoms. The minimum atomic E-state index is -0.529. The molecule has 0 aliphatic carbocycles. The summed E-state index contributed by atoms with van der Waals surface area (Å²) >= 11 is 0. The van der Waals surface area contributed by atoms with Crippen LogP contribution in [0.2, 0.25) is 0 Å². The molecule has 1 unspecified atom stereocenters. The Bertz CT molecular complexity index is 443. The van der Waals surface area contributed by atoms with E-state index in [1.165, 1.54) is 0 Å². The van der Waals surface area contributed by atoms with Crippen LogP contribution in [-0.2, 0) is 4.79 Å². The molecule has 0 aromatic heterocycles. The molecule has 116 valence electrons. The molecule has 0 aliphatic rings. The summed E-state index contributed by atoms with van der Waals surface area (Å²) in [5.74, 6) is 0.627. The van der Waals surface area contributed by atoms with Crippen LogP contribution in [0.1, 0.15) is 12.8 Å². The van der Waals surface area contributed by atoms with Gasteiger partial charge in [0.15, 0.2) is 0 Å². The second kappa shape index (κ2) is 9.15. The van der Waals surface area contributed by atoms with Gasteiger partial charge in [0.25, 0.3) is 0 Å². The van der Waals surface area contributed by atoms with E-state index in [1.54, 1.807) is 30.3 Å². The van der Waals surface area contributed by atoms with E-state index < -0.39 is 6.10 Å². The van der Waals surface area contributed by atoms with E-state index in [9.17, 15) is 9.90 Å². The van der Waals surface area contributed by atoms with E-state index in [2.05, 4.69) is 11.9 Å². The molecule has 0 bridgehead atoms. The van der Waals surface area contributed by atoms with Gasteiger partial charge in [-0.2, -0.15) is 0 Å². The fourth-order valence-corrected chi connectivity index (χ4v) is 1.76. The smallest absolute Gasteiger partial charge is 0.224 e. The predicted molar refractivity (Wildman–Crippen MR) is 84.6 cm³/mol. The Labute approximate surface area is 126 Å². The second-order valence-corrected chi connectivity index (χ2v) is 5.13. The highest BCUT2D eigenvalue weighted by atomic mass is 16.5. The molecule has 1 atom stereocenters. The monoisotopic (exact) mass is 292 g/mol. The van der Waals surface area contributed by atoms with Crippen LogP contribution in [0.3, 0.4) is 0 Å². The van der Waals surface area contributed by atoms with Crippen molar-refractivity contribution in [2.24, 2.45) is 0 Å². The highest BCUT2D eigenvalue weighted by Crippen LogP contribution is 2.16. The summed E-state index contributed by atoms with van der Waals surface area (Å²) in [6.07, 6.45) is 2.28. The fourth-order valence-electron chi connectivity index (χ4n) is 1.76. The van der Waals surface area contributed by atoms with Crippen molar-refractivity contribution in [1.29, 1.82) is 0 Å². The summed E-state index contributed by atoms with van der Waals surface area (Å²) in [5.41, 5.74) is 0.727. The minimum absolute atomic E-state index is 0.0371. The van der Waals surface area contributed by atoms with Gasteiger partial charge in [-0.1, -0.05) is 6.08 Å². The fraction of sp³-hybridized carbons (Fsp3) is 0.438. The van der Waals surface area contributed by atoms with Gasteiger partial charge in [0, 0.05) is 18.7 Å². The minimum Gasteiger partial charge on any atom is -0.491 e. The SMILES string of the molecule is C=CCCC(=O)Nc1ccc(OCC(O)CN(C)C)cc1. The standard InChI is InChI=1S/C16H24N2O3/c1-4-5-6-16(20)17-13-7-9-15(10-8-13)21-12-14(19)11-18(2)3/h4,7-10,14,19H,1,5-6,11-12H2,2-3H3,(H,17,20). The molecule has 5 heteroatoms. The van der Waals surface area contributed by atoms with Gasteiger partial charge < -0.3 is 20.1 Å². The lowest BCUT2D eigenvalue weighted by Gasteiger charge is -2.16. The summed E-state index contributed by atoms with van der Waals surface area (Å²) in [6.45, 7) is 4.38. The molecular formula is C16H24N2O3. The first-order valence-electron chi connectivity index (χ1n) is 6.97. The number of ether oxygens (including phenoxy) is 1. The highest BCUT2D eigenvalue weighted by Gasteiger charge is 2.07. The number of amides is 1. The number of benzene rings is 1. The molecule has 0 aliphatic heterocycles. The number of hydrogen-bond acceptors (Lipinski definition) is 4. The van der Waals surface area contributed by atoms with Crippen LogP contribution in [0.5, 0.6) is 5.75 Å². The number of carbonyl (C=O) groups excluding carboxylic acids is 1. The number of hydrogen-bond donors (Lipinski definition) is 2. The van der Waals surface area contributed by atoms with Crippen LogP contribution >= 0.6 is 0 Å². The van der Waals surface area contributed by atoms with Gasteiger partial charge in [0.05, 0.1) is 0 Å². The van der Waals surface area contributed by atoms with Gasteiger partial charge in [-0.05, 0) is 44.8 Å². The first kappa shape index (κ1) is 17.2. The largest absolute Gasteiger partial charge is 0.491 e. The molecule has 0 spiro atoms. The van der Waals surface area contributed by atoms with Crippen molar-refractivity contribution in [1.82, 2.24) is 4.90 Å². The quantitative estimate of drug-likeness (QED) is 0.682. The molecular weight excluding hydrogens is 268 g/mol. The Balaban J connectivity index is 2.39. The molecule has 0 fully saturated rings. The van der Waals surface area contributed by atoms with E-state index in [0.29, 0.717) is 25.1 Å². The van der Waals surface area contributed by atoms with Crippen LogP contribution < -0.4 is 10.1 Å². The molecule has 0 heterocycles. The third-order valence-electron chi connectivity index (χ3n) is 2.73. The first-order valence-corrected chi connectivity index (χ1v) is 6.97. The number of nitrogens with one attached hydrogen (secondary N) is 1. The number of anilines is 1. The van der Waals surface area contributed by atoms with Gasteiger partial charge in [-0.15, -0.1) is 6.58 Å². The van der Waals surface area contributed by atoms with Crippen molar-refractivity contribution in [3.63, 3.8) is 0 Å². The zero-order valence-electron chi connectivity index (χ0n) is 12.7. The van der Waals surface area contributed by atoms with Crippen molar-refractivity contribution >= 4 is 11.6 Å². The van der Waals surface area contributed by atoms with Gasteiger partial charge in [0.2, 0.25) is 5.91 Å². The number of rotatable bonds is 9. The number of aliphatic hydroxyl groups excluding tert-OH is 1. The van der Waals surface area contributed by atoms with E-state index in [0.717, 1.165) is 5.69 Å². The maximum Gasteiger partial charge on any atom is 0.224 e. The number of aliphatic hydroxyl groups is 1. The molecule has 5 nitrogen and oxygen atoms in total. The van der Waals surface area contributed by atoms with Crippen LogP contribution in [0.15, 0.2) is 36.9 Å². The van der Waals surface area contributed by atoms with E-state index in [-0.39, 0.29) is 12.5 Å². The topological polar surface area (TPSA) is 61.8 Å². The molecule has 0 saturated heterocycles. The Morgan fingerprint density at radius 2 is 2.10 bits per heavy atom. The summed E-state index contributed by atoms with van der Waals surface area (Å²) in [6, 6.07) is 7.09. The lowest BCUT2D eigenvalue weighted by Crippen LogP contribution is -2.30. The van der Waals surface area contributed by atoms with Gasteiger partial charge >= 0.3 is 0 Å². The third kappa shape index (κ3) is 7.48. The van der Waals surface area contributed by atoms with Crippen LogP contribution in [0.4, 0.5) is 5.69 Å². The maximum atomic E-state index is 11.5. The number of carbonyl (C=O) groups is 1. The van der Waals surface area contributed by atoms with Crippen molar-refractivity contribution in [2.75, 3.05) is 32.6 Å².